The summed E-state index contributed by atoms with van der Waals surface area (Å²) in [5.41, 5.74) is 7.54. The highest BCUT2D eigenvalue weighted by molar-refractivity contribution is 7.19. The minimum absolute atomic E-state index is 0.555. The van der Waals surface area contributed by atoms with Crippen LogP contribution in [-0.4, -0.2) is 32.6 Å². The molecule has 0 N–H and O–H groups in total. The summed E-state index contributed by atoms with van der Waals surface area (Å²) in [6, 6.07) is 80.3. The topological polar surface area (TPSA) is 69.6 Å². The predicted octanol–water partition coefficient (Wildman–Crippen LogP) is 11.8. The molecule has 0 bridgehead atoms. The number of pyridine rings is 1. The highest BCUT2D eigenvalue weighted by atomic mass is 28.3. The molecule has 13 aromatic rings. The Hall–Kier alpha value is -8.78. The monoisotopic (exact) mass is 873 g/mol. The number of hydrogen-bond acceptors (Lipinski definition) is 5. The Kier molecular flexibility index (Phi) is 9.08. The quantitative estimate of drug-likeness (QED) is 0.112. The van der Waals surface area contributed by atoms with Crippen LogP contribution < -0.4 is 20.7 Å². The van der Waals surface area contributed by atoms with Gasteiger partial charge in [0, 0.05) is 49.8 Å². The molecule has 6 nitrogen and oxygen atoms in total. The lowest BCUT2D eigenvalue weighted by Gasteiger charge is -2.34. The van der Waals surface area contributed by atoms with Crippen LogP contribution in [0.1, 0.15) is 0 Å². The van der Waals surface area contributed by atoms with Gasteiger partial charge in [0.25, 0.3) is 0 Å². The lowest BCUT2D eigenvalue weighted by molar-refractivity contribution is 0.667. The molecule has 0 aliphatic heterocycles. The normalized spacial score (nSPS) is 11.9. The molecule has 4 aromatic heterocycles. The maximum Gasteiger partial charge on any atom is 0.179 e. The van der Waals surface area contributed by atoms with Crippen LogP contribution in [-0.2, 0) is 0 Å². The van der Waals surface area contributed by atoms with Gasteiger partial charge in [0.15, 0.2) is 31.1 Å². The molecule has 0 saturated heterocycles. The Balaban J connectivity index is 1.05. The van der Waals surface area contributed by atoms with Gasteiger partial charge in [0.05, 0.1) is 22.9 Å². The molecule has 0 saturated carbocycles. The van der Waals surface area contributed by atoms with E-state index in [0.717, 1.165) is 66.1 Å². The molecular weight excluding hydrogens is 835 g/mol. The van der Waals surface area contributed by atoms with Crippen LogP contribution >= 0.6 is 0 Å². The van der Waals surface area contributed by atoms with Crippen LogP contribution in [0.5, 0.6) is 0 Å². The van der Waals surface area contributed by atoms with Gasteiger partial charge in [-0.25, -0.2) is 15.0 Å². The minimum Gasteiger partial charge on any atom is -0.454 e. The van der Waals surface area contributed by atoms with E-state index in [-0.39, 0.29) is 0 Å². The zero-order valence-corrected chi connectivity index (χ0v) is 37.2. The van der Waals surface area contributed by atoms with Crippen molar-refractivity contribution in [2.45, 2.75) is 0 Å². The number of para-hydroxylation sites is 2. The van der Waals surface area contributed by atoms with Gasteiger partial charge >= 0.3 is 0 Å². The summed E-state index contributed by atoms with van der Waals surface area (Å²) < 4.78 is 8.74. The largest absolute Gasteiger partial charge is 0.454 e. The Morgan fingerprint density at radius 1 is 0.358 bits per heavy atom. The third-order valence-corrected chi connectivity index (χ3v) is 18.1. The molecule has 0 spiro atoms. The van der Waals surface area contributed by atoms with E-state index in [1.54, 1.807) is 12.4 Å². The van der Waals surface area contributed by atoms with E-state index >= 15 is 0 Å². The third kappa shape index (κ3) is 6.24. The first-order valence-electron chi connectivity index (χ1n) is 22.5. The second-order valence-electron chi connectivity index (χ2n) is 17.0. The molecule has 4 heterocycles. The van der Waals surface area contributed by atoms with Crippen molar-refractivity contribution in [3.05, 3.63) is 237 Å². The molecule has 9 aromatic carbocycles. The number of rotatable bonds is 8. The van der Waals surface area contributed by atoms with E-state index in [4.69, 9.17) is 19.4 Å². The van der Waals surface area contributed by atoms with Crippen molar-refractivity contribution in [2.24, 2.45) is 0 Å². The fourth-order valence-corrected chi connectivity index (χ4v) is 15.1. The average Bonchev–Trinajstić information content (AvgIpc) is 3.95. The average molecular weight is 874 g/mol. The van der Waals surface area contributed by atoms with Gasteiger partial charge < -0.3 is 8.98 Å². The van der Waals surface area contributed by atoms with Crippen LogP contribution in [0, 0.1) is 0 Å². The molecule has 0 radical (unpaired) electrons. The lowest BCUT2D eigenvalue weighted by Crippen LogP contribution is -2.74. The maximum atomic E-state index is 6.36. The molecule has 0 aliphatic rings. The highest BCUT2D eigenvalue weighted by Crippen LogP contribution is 2.38. The number of benzene rings is 9. The summed E-state index contributed by atoms with van der Waals surface area (Å²) in [7, 11) is -2.87. The minimum atomic E-state index is -2.87. The Bertz CT molecular complexity index is 3850. The van der Waals surface area contributed by atoms with E-state index in [1.807, 2.05) is 12.1 Å². The van der Waals surface area contributed by atoms with Crippen molar-refractivity contribution < 1.29 is 4.42 Å². The number of furan rings is 1. The number of nitrogens with zero attached hydrogens (tertiary/aromatic N) is 5. The molecule has 0 atom stereocenters. The molecule has 0 fully saturated rings. The Labute approximate surface area is 387 Å². The molecule has 0 aliphatic carbocycles. The fourth-order valence-electron chi connectivity index (χ4n) is 10.3. The van der Waals surface area contributed by atoms with E-state index in [0.29, 0.717) is 17.5 Å². The summed E-state index contributed by atoms with van der Waals surface area (Å²) in [5.74, 6) is 1.73. The summed E-state index contributed by atoms with van der Waals surface area (Å²) in [6.07, 6.45) is 3.56. The molecule has 13 rings (SSSR count). The van der Waals surface area contributed by atoms with Gasteiger partial charge in [-0.15, -0.1) is 0 Å². The molecule has 67 heavy (non-hydrogen) atoms. The van der Waals surface area contributed by atoms with E-state index < -0.39 is 8.07 Å². The number of fused-ring (bicyclic) bond motifs is 7. The summed E-state index contributed by atoms with van der Waals surface area (Å²) in [6.45, 7) is 0. The molecular formula is C60H39N5OSi. The van der Waals surface area contributed by atoms with E-state index in [1.165, 1.54) is 31.5 Å². The molecule has 0 amide bonds. The highest BCUT2D eigenvalue weighted by Gasteiger charge is 2.41. The van der Waals surface area contributed by atoms with Crippen molar-refractivity contribution in [1.29, 1.82) is 0 Å². The first-order chi connectivity index (χ1) is 33.2. The van der Waals surface area contributed by atoms with Crippen molar-refractivity contribution in [1.82, 2.24) is 24.5 Å². The van der Waals surface area contributed by atoms with Crippen molar-refractivity contribution >= 4 is 83.3 Å². The zero-order valence-electron chi connectivity index (χ0n) is 36.2. The van der Waals surface area contributed by atoms with E-state index in [2.05, 4.69) is 222 Å². The van der Waals surface area contributed by atoms with Crippen molar-refractivity contribution in [3.8, 4) is 39.9 Å². The molecule has 0 unspecified atom stereocenters. The first kappa shape index (κ1) is 38.7. The van der Waals surface area contributed by atoms with E-state index in [9.17, 15) is 0 Å². The zero-order chi connectivity index (χ0) is 44.3. The Morgan fingerprint density at radius 2 is 0.881 bits per heavy atom. The van der Waals surface area contributed by atoms with Crippen LogP contribution in [0.25, 0.3) is 94.4 Å². The van der Waals surface area contributed by atoms with Crippen LogP contribution in [0.3, 0.4) is 0 Å². The van der Waals surface area contributed by atoms with Gasteiger partial charge in [-0.1, -0.05) is 182 Å². The fraction of sp³-hybridized carbons (Fsp3) is 0. The number of hydrogen-bond donors (Lipinski definition) is 0. The third-order valence-electron chi connectivity index (χ3n) is 13.3. The van der Waals surface area contributed by atoms with Crippen molar-refractivity contribution in [3.63, 3.8) is 0 Å². The van der Waals surface area contributed by atoms with Gasteiger partial charge in [-0.2, -0.15) is 0 Å². The smallest absolute Gasteiger partial charge is 0.179 e. The standard InChI is InChI=1S/C60H39N5OSi/c1-4-18-42(19-5-1)67(43-20-6-2-7-21-43,44-22-8-3-9-23-44)45-24-16-17-40(37-45)58-62-59(41-31-32-50-51-35-36-61-39-57(51)66-56(50)38-41)64-60(63-58)52-33-34-55(47-26-11-10-25-46(47)52)65-53-29-14-12-27-48(53)49-28-13-15-30-54(49)65/h1-39H. The molecule has 314 valence electrons. The van der Waals surface area contributed by atoms with Gasteiger partial charge in [0.1, 0.15) is 5.58 Å². The van der Waals surface area contributed by atoms with Gasteiger partial charge in [-0.3, -0.25) is 4.98 Å². The van der Waals surface area contributed by atoms with Crippen molar-refractivity contribution in [2.75, 3.05) is 0 Å². The van der Waals surface area contributed by atoms with Gasteiger partial charge in [-0.05, 0) is 68.6 Å². The maximum absolute atomic E-state index is 6.36. The Morgan fingerprint density at radius 3 is 1.52 bits per heavy atom. The SMILES string of the molecule is c1ccc([Si](c2ccccc2)(c2ccccc2)c2cccc(-c3nc(-c4ccc5c(c4)oc4cnccc45)nc(-c4ccc(-n5c6ccccc6c6ccccc65)c5ccccc45)n3)c2)cc1. The predicted molar refractivity (Wildman–Crippen MR) is 277 cm³/mol. The molecule has 7 heteroatoms. The van der Waals surface area contributed by atoms with Gasteiger partial charge in [0.2, 0.25) is 0 Å². The summed E-state index contributed by atoms with van der Waals surface area (Å²) >= 11 is 0. The first-order valence-corrected chi connectivity index (χ1v) is 24.5. The second kappa shape index (κ2) is 15.7. The summed E-state index contributed by atoms with van der Waals surface area (Å²) in [4.78, 5) is 20.4. The second-order valence-corrected chi connectivity index (χ2v) is 20.8. The number of aromatic nitrogens is 5. The summed E-state index contributed by atoms with van der Waals surface area (Å²) in [5, 5.41) is 11.7. The van der Waals surface area contributed by atoms with Crippen LogP contribution in [0.4, 0.5) is 0 Å². The van der Waals surface area contributed by atoms with Crippen LogP contribution in [0.15, 0.2) is 241 Å². The lowest BCUT2D eigenvalue weighted by atomic mass is 10.0. The van der Waals surface area contributed by atoms with Crippen LogP contribution in [0.2, 0.25) is 0 Å².